The Morgan fingerprint density at radius 2 is 2.19 bits per heavy atom. The summed E-state index contributed by atoms with van der Waals surface area (Å²) in [5, 5.41) is 2.97. The highest BCUT2D eigenvalue weighted by Gasteiger charge is 2.20. The van der Waals surface area contributed by atoms with Gasteiger partial charge in [-0.1, -0.05) is 11.6 Å². The van der Waals surface area contributed by atoms with Gasteiger partial charge in [0.2, 0.25) is 5.88 Å². The van der Waals surface area contributed by atoms with Crippen LogP contribution < -0.4 is 14.8 Å². The lowest BCUT2D eigenvalue weighted by molar-refractivity contribution is 0.0946. The van der Waals surface area contributed by atoms with E-state index in [1.54, 1.807) is 0 Å². The van der Waals surface area contributed by atoms with Crippen molar-refractivity contribution in [1.29, 1.82) is 0 Å². The molecule has 0 aliphatic carbocycles. The van der Waals surface area contributed by atoms with Gasteiger partial charge in [-0.3, -0.25) is 4.79 Å². The largest absolute Gasteiger partial charge is 0.492 e. The van der Waals surface area contributed by atoms with E-state index in [0.29, 0.717) is 30.4 Å². The number of hydrogen-bond donors (Lipinski definition) is 1. The van der Waals surface area contributed by atoms with Crippen LogP contribution in [-0.2, 0) is 4.74 Å². The van der Waals surface area contributed by atoms with Crippen molar-refractivity contribution in [2.24, 2.45) is 0 Å². The maximum atomic E-state index is 12.8. The molecule has 1 amide bonds. The molecule has 2 aromatic rings. The quantitative estimate of drug-likeness (QED) is 0.748. The Balaban J connectivity index is 1.46. The summed E-state index contributed by atoms with van der Waals surface area (Å²) in [4.78, 5) is 16.2. The third kappa shape index (κ3) is 5.06. The van der Waals surface area contributed by atoms with Crippen LogP contribution in [0.4, 0.5) is 4.39 Å². The van der Waals surface area contributed by atoms with Gasteiger partial charge < -0.3 is 19.5 Å². The van der Waals surface area contributed by atoms with Gasteiger partial charge in [-0.15, -0.1) is 0 Å². The average Bonchev–Trinajstić information content (AvgIpc) is 3.15. The Labute approximate surface area is 155 Å². The molecule has 0 saturated carbocycles. The highest BCUT2D eigenvalue weighted by Crippen LogP contribution is 2.25. The summed E-state index contributed by atoms with van der Waals surface area (Å²) in [6.45, 7) is 1.70. The second-order valence-corrected chi connectivity index (χ2v) is 6.08. The molecule has 0 bridgehead atoms. The minimum absolute atomic E-state index is 0.0664. The number of pyridine rings is 1. The van der Waals surface area contributed by atoms with E-state index in [1.807, 2.05) is 0 Å². The summed E-state index contributed by atoms with van der Waals surface area (Å²) in [5.41, 5.74) is 0.326. The van der Waals surface area contributed by atoms with Crippen LogP contribution in [-0.4, -0.2) is 43.4 Å². The van der Waals surface area contributed by atoms with Crippen LogP contribution in [0.15, 0.2) is 36.5 Å². The summed E-state index contributed by atoms with van der Waals surface area (Å²) in [7, 11) is 0. The van der Waals surface area contributed by atoms with Crippen LogP contribution in [0.1, 0.15) is 16.8 Å². The summed E-state index contributed by atoms with van der Waals surface area (Å²) in [5.74, 6) is 0.168. The molecule has 6 nitrogen and oxygen atoms in total. The molecule has 1 N–H and O–H groups in total. The second kappa shape index (κ2) is 8.82. The predicted octanol–water partition coefficient (Wildman–Crippen LogP) is 2.85. The van der Waals surface area contributed by atoms with Gasteiger partial charge in [-0.2, -0.15) is 0 Å². The summed E-state index contributed by atoms with van der Waals surface area (Å²) < 4.78 is 29.1. The van der Waals surface area contributed by atoms with Gasteiger partial charge >= 0.3 is 0 Å². The Morgan fingerprint density at radius 1 is 1.38 bits per heavy atom. The number of halogens is 2. The fourth-order valence-electron chi connectivity index (χ4n) is 2.37. The first-order chi connectivity index (χ1) is 12.6. The van der Waals surface area contributed by atoms with Gasteiger partial charge in [-0.25, -0.2) is 9.37 Å². The van der Waals surface area contributed by atoms with Crippen LogP contribution in [0.2, 0.25) is 5.02 Å². The topological polar surface area (TPSA) is 69.7 Å². The van der Waals surface area contributed by atoms with Crippen molar-refractivity contribution in [3.63, 3.8) is 0 Å². The lowest BCUT2D eigenvalue weighted by atomic mass is 10.2. The van der Waals surface area contributed by atoms with Crippen molar-refractivity contribution >= 4 is 17.5 Å². The van der Waals surface area contributed by atoms with E-state index in [9.17, 15) is 9.18 Å². The number of carbonyl (C=O) groups excluding carboxylic acids is 1. The molecule has 0 radical (unpaired) electrons. The zero-order valence-corrected chi connectivity index (χ0v) is 14.7. The molecule has 8 heteroatoms. The second-order valence-electron chi connectivity index (χ2n) is 5.67. The molecular formula is C18H18ClFN2O4. The number of nitrogens with one attached hydrogen (secondary N) is 1. The van der Waals surface area contributed by atoms with Crippen molar-refractivity contribution in [2.75, 3.05) is 26.4 Å². The first-order valence-electron chi connectivity index (χ1n) is 8.18. The summed E-state index contributed by atoms with van der Waals surface area (Å²) >= 11 is 6.14. The van der Waals surface area contributed by atoms with Gasteiger partial charge in [0.1, 0.15) is 29.3 Å². The van der Waals surface area contributed by atoms with Crippen LogP contribution in [0, 0.1) is 5.82 Å². The molecule has 2 heterocycles. The van der Waals surface area contributed by atoms with Gasteiger partial charge in [-0.05, 0) is 30.3 Å². The molecule has 1 saturated heterocycles. The van der Waals surface area contributed by atoms with Crippen molar-refractivity contribution in [3.8, 4) is 11.6 Å². The molecule has 1 aliphatic heterocycles. The molecule has 1 aliphatic rings. The fraction of sp³-hybridized carbons (Fsp3) is 0.333. The van der Waals surface area contributed by atoms with Crippen LogP contribution in [0.5, 0.6) is 11.6 Å². The standard InChI is InChI=1S/C18H18ClFN2O4/c19-16-9-12(10-22-18(16)26-15-5-7-24-11-15)17(23)21-6-8-25-14-3-1-13(20)2-4-14/h1-4,9-10,15H,5-8,11H2,(H,21,23). The monoisotopic (exact) mass is 380 g/mol. The fourth-order valence-corrected chi connectivity index (χ4v) is 2.58. The highest BCUT2D eigenvalue weighted by atomic mass is 35.5. The number of amides is 1. The Hall–Kier alpha value is -2.38. The van der Waals surface area contributed by atoms with Gasteiger partial charge in [0.05, 0.1) is 25.3 Å². The number of rotatable bonds is 7. The SMILES string of the molecule is O=C(NCCOc1ccc(F)cc1)c1cnc(OC2CCOC2)c(Cl)c1. The number of benzene rings is 1. The van der Waals surface area contributed by atoms with Gasteiger partial charge in [0, 0.05) is 12.6 Å². The number of carbonyl (C=O) groups is 1. The van der Waals surface area contributed by atoms with Crippen LogP contribution >= 0.6 is 11.6 Å². The number of ether oxygens (including phenoxy) is 3. The molecule has 1 atom stereocenters. The maximum absolute atomic E-state index is 12.8. The van der Waals surface area contributed by atoms with Crippen molar-refractivity contribution in [1.82, 2.24) is 10.3 Å². The Kier molecular flexibility index (Phi) is 6.25. The van der Waals surface area contributed by atoms with Gasteiger partial charge in [0.15, 0.2) is 0 Å². The first kappa shape index (κ1) is 18.4. The average molecular weight is 381 g/mol. The molecule has 1 fully saturated rings. The molecule has 0 spiro atoms. The zero-order valence-electron chi connectivity index (χ0n) is 13.9. The number of aromatic nitrogens is 1. The Bertz CT molecular complexity index is 751. The summed E-state index contributed by atoms with van der Waals surface area (Å²) in [6, 6.07) is 7.17. The minimum atomic E-state index is -0.331. The first-order valence-corrected chi connectivity index (χ1v) is 8.56. The third-order valence-corrected chi connectivity index (χ3v) is 3.98. The van der Waals surface area contributed by atoms with Crippen LogP contribution in [0.25, 0.3) is 0 Å². The minimum Gasteiger partial charge on any atom is -0.492 e. The molecule has 1 aromatic heterocycles. The van der Waals surface area contributed by atoms with E-state index in [0.717, 1.165) is 6.42 Å². The normalized spacial score (nSPS) is 16.3. The van der Waals surface area contributed by atoms with Crippen LogP contribution in [0.3, 0.4) is 0 Å². The van der Waals surface area contributed by atoms with Gasteiger partial charge in [0.25, 0.3) is 5.91 Å². The molecule has 138 valence electrons. The van der Waals surface area contributed by atoms with E-state index in [1.165, 1.54) is 36.5 Å². The molecule has 3 rings (SSSR count). The Morgan fingerprint density at radius 3 is 2.88 bits per heavy atom. The maximum Gasteiger partial charge on any atom is 0.253 e. The molecule has 1 aromatic carbocycles. The van der Waals surface area contributed by atoms with E-state index in [-0.39, 0.29) is 36.0 Å². The number of hydrogen-bond acceptors (Lipinski definition) is 5. The molecule has 1 unspecified atom stereocenters. The van der Waals surface area contributed by atoms with E-state index in [4.69, 9.17) is 25.8 Å². The molecular weight excluding hydrogens is 363 g/mol. The number of nitrogens with zero attached hydrogens (tertiary/aromatic N) is 1. The summed E-state index contributed by atoms with van der Waals surface area (Å²) in [6.07, 6.45) is 2.13. The van der Waals surface area contributed by atoms with Crippen molar-refractivity contribution in [2.45, 2.75) is 12.5 Å². The van der Waals surface area contributed by atoms with E-state index in [2.05, 4.69) is 10.3 Å². The lowest BCUT2D eigenvalue weighted by Gasteiger charge is -2.12. The third-order valence-electron chi connectivity index (χ3n) is 3.71. The zero-order chi connectivity index (χ0) is 18.4. The smallest absolute Gasteiger partial charge is 0.253 e. The van der Waals surface area contributed by atoms with E-state index < -0.39 is 0 Å². The van der Waals surface area contributed by atoms with Crippen molar-refractivity contribution < 1.29 is 23.4 Å². The van der Waals surface area contributed by atoms with Crippen molar-refractivity contribution in [3.05, 3.63) is 52.9 Å². The lowest BCUT2D eigenvalue weighted by Crippen LogP contribution is -2.28. The predicted molar refractivity (Wildman–Crippen MR) is 93.3 cm³/mol. The van der Waals surface area contributed by atoms with E-state index >= 15 is 0 Å². The molecule has 26 heavy (non-hydrogen) atoms. The highest BCUT2D eigenvalue weighted by molar-refractivity contribution is 6.32.